The number of fused-ring (bicyclic) bond motifs is 4. The fourth-order valence-electron chi connectivity index (χ4n) is 7.69. The molecule has 0 radical (unpaired) electrons. The van der Waals surface area contributed by atoms with Gasteiger partial charge in [0.2, 0.25) is 0 Å². The van der Waals surface area contributed by atoms with Gasteiger partial charge in [0.1, 0.15) is 23.3 Å². The van der Waals surface area contributed by atoms with E-state index in [-0.39, 0.29) is 10.8 Å². The molecule has 2 aliphatic carbocycles. The van der Waals surface area contributed by atoms with Crippen molar-refractivity contribution in [3.63, 3.8) is 0 Å². The minimum atomic E-state index is 0.0279. The number of nitrogen functional groups attached to an aromatic ring is 2. The number of aryl methyl sites for hydroxylation is 2. The monoisotopic (exact) mass is 762 g/mol. The number of nitrogens with zero attached hydrogens (tertiary/aromatic N) is 6. The molecule has 0 amide bonds. The van der Waals surface area contributed by atoms with Crippen molar-refractivity contribution in [3.05, 3.63) is 66.0 Å². The van der Waals surface area contributed by atoms with Gasteiger partial charge in [-0.05, 0) is 84.2 Å². The number of pyridine rings is 2. The smallest absolute Gasteiger partial charge is 0.148 e. The summed E-state index contributed by atoms with van der Waals surface area (Å²) < 4.78 is 5.71. The molecule has 2 saturated carbocycles. The summed E-state index contributed by atoms with van der Waals surface area (Å²) in [6, 6.07) is 0.676. The predicted molar refractivity (Wildman–Crippen MR) is 183 cm³/mol. The molecule has 8 rings (SSSR count). The van der Waals surface area contributed by atoms with Gasteiger partial charge in [-0.3, -0.25) is 4.68 Å². The molecule has 10 nitrogen and oxygen atoms in total. The zero-order chi connectivity index (χ0) is 31.0. The zero-order valence-electron chi connectivity index (χ0n) is 24.5. The third-order valence-electron chi connectivity index (χ3n) is 10.1. The van der Waals surface area contributed by atoms with Crippen LogP contribution >= 0.6 is 55.1 Å². The van der Waals surface area contributed by atoms with Crippen molar-refractivity contribution in [2.75, 3.05) is 35.2 Å². The van der Waals surface area contributed by atoms with Crippen LogP contribution in [0, 0.1) is 13.8 Å². The first-order valence-corrected chi connectivity index (χ1v) is 17.1. The molecule has 0 saturated heterocycles. The van der Waals surface area contributed by atoms with Crippen LogP contribution in [0.15, 0.2) is 33.7 Å². The highest BCUT2D eigenvalue weighted by Crippen LogP contribution is 2.55. The fourth-order valence-corrected chi connectivity index (χ4v) is 8.97. The maximum Gasteiger partial charge on any atom is 0.148 e. The maximum absolute atomic E-state index is 6.56. The van der Waals surface area contributed by atoms with Crippen LogP contribution < -0.4 is 22.1 Å². The zero-order valence-corrected chi connectivity index (χ0v) is 29.2. The molecule has 4 atom stereocenters. The Hall–Kier alpha value is -2.54. The molecule has 0 aromatic carbocycles. The molecule has 2 spiro atoms. The second-order valence-corrected chi connectivity index (χ2v) is 15.1. The van der Waals surface area contributed by atoms with Crippen LogP contribution in [0.2, 0.25) is 10.0 Å². The van der Waals surface area contributed by atoms with Crippen molar-refractivity contribution < 1.29 is 0 Å². The summed E-state index contributed by atoms with van der Waals surface area (Å²) in [6.07, 6.45) is 13.7. The third-order valence-corrected chi connectivity index (χ3v) is 12.5. The largest absolute Gasteiger partial charge is 0.384 e. The normalized spacial score (nSPS) is 26.4. The van der Waals surface area contributed by atoms with Crippen molar-refractivity contribution in [1.82, 2.24) is 29.5 Å². The van der Waals surface area contributed by atoms with E-state index < -0.39 is 0 Å². The minimum Gasteiger partial charge on any atom is -0.384 e. The Labute approximate surface area is 282 Å². The molecule has 0 bridgehead atoms. The van der Waals surface area contributed by atoms with Gasteiger partial charge >= 0.3 is 0 Å². The van der Waals surface area contributed by atoms with Crippen molar-refractivity contribution in [2.45, 2.75) is 75.3 Å². The number of hydrogen-bond donors (Lipinski definition) is 4. The third kappa shape index (κ3) is 4.78. The molecule has 44 heavy (non-hydrogen) atoms. The average molecular weight is 765 g/mol. The number of rotatable bonds is 2. The van der Waals surface area contributed by atoms with E-state index in [9.17, 15) is 0 Å². The van der Waals surface area contributed by atoms with Crippen molar-refractivity contribution in [1.29, 1.82) is 0 Å². The number of nitrogens with one attached hydrogen (secondary N) is 2. The topological polar surface area (TPSA) is 138 Å². The first-order chi connectivity index (χ1) is 21.0. The Balaban J connectivity index is 0.000000142. The van der Waals surface area contributed by atoms with E-state index >= 15 is 0 Å². The summed E-state index contributed by atoms with van der Waals surface area (Å²) >= 11 is 20.1. The van der Waals surface area contributed by atoms with Crippen LogP contribution in [0.1, 0.15) is 72.9 Å². The van der Waals surface area contributed by atoms with Crippen molar-refractivity contribution >= 4 is 78.3 Å². The summed E-state index contributed by atoms with van der Waals surface area (Å²) in [4.78, 5) is 8.94. The fraction of sp³-hybridized carbons (Fsp3) is 0.467. The number of nitrogens with two attached hydrogens (primary N) is 2. The van der Waals surface area contributed by atoms with Gasteiger partial charge < -0.3 is 22.1 Å². The van der Waals surface area contributed by atoms with Crippen LogP contribution in [0.4, 0.5) is 23.3 Å². The van der Waals surface area contributed by atoms with E-state index in [1.807, 2.05) is 35.6 Å². The molecule has 4 aliphatic rings. The van der Waals surface area contributed by atoms with Crippen LogP contribution in [-0.2, 0) is 10.8 Å². The molecule has 2 aliphatic heterocycles. The van der Waals surface area contributed by atoms with Gasteiger partial charge in [0.05, 0.1) is 37.3 Å². The molecule has 0 unspecified atom stereocenters. The molecule has 4 aromatic heterocycles. The van der Waals surface area contributed by atoms with Gasteiger partial charge in [0, 0.05) is 64.8 Å². The molecular weight excluding hydrogens is 731 g/mol. The lowest BCUT2D eigenvalue weighted by molar-refractivity contribution is 0.419. The Kier molecular flexibility index (Phi) is 7.58. The van der Waals surface area contributed by atoms with Gasteiger partial charge in [-0.25, -0.2) is 14.6 Å². The number of halogens is 4. The van der Waals surface area contributed by atoms with Crippen LogP contribution in [0.3, 0.4) is 0 Å². The molecule has 2 fully saturated rings. The number of anilines is 4. The molecule has 6 heterocycles. The molecule has 4 aromatic rings. The maximum atomic E-state index is 6.56. The van der Waals surface area contributed by atoms with Crippen LogP contribution in [0.5, 0.6) is 0 Å². The second-order valence-electron chi connectivity index (χ2n) is 12.7. The summed E-state index contributed by atoms with van der Waals surface area (Å²) in [5.74, 6) is 3.23. The SMILES string of the molecule is Cc1cn([C@H]2CC[C@@]3(CNc4ncc(Br)c(Cl)c43)C2)nc1N.Cc1cnn([C@H]2CC[C@@]3(CNc4ncc(Br)c(Cl)c43)C2)c1N. The standard InChI is InChI=1S/2C15H17BrClN5/c1-8-6-22(21-13(8)18)9-2-3-15(4-9)7-20-14-11(15)12(17)10(16)5-19-14;1-8-5-21-22(13(8)18)9-2-3-15(4-9)7-20-14-11(15)12(17)10(16)6-19-14/h5-6,9H,2-4,7H2,1H3,(H2,18,21)(H,19,20);5-6,9H,2-4,7,18H2,1H3,(H,19,20)/t2*9-,15-/m00/s1. The van der Waals surface area contributed by atoms with Gasteiger partial charge in [0.15, 0.2) is 0 Å². The van der Waals surface area contributed by atoms with E-state index in [0.29, 0.717) is 17.9 Å². The molecule has 6 N–H and O–H groups in total. The number of aromatic nitrogens is 6. The van der Waals surface area contributed by atoms with Gasteiger partial charge in [-0.1, -0.05) is 23.2 Å². The van der Waals surface area contributed by atoms with Crippen LogP contribution in [0.25, 0.3) is 0 Å². The molecular formula is C30H34Br2Cl2N10. The summed E-state index contributed by atoms with van der Waals surface area (Å²) in [5.41, 5.74) is 16.5. The molecule has 232 valence electrons. The Morgan fingerprint density at radius 3 is 1.89 bits per heavy atom. The van der Waals surface area contributed by atoms with Crippen molar-refractivity contribution in [3.8, 4) is 0 Å². The summed E-state index contributed by atoms with van der Waals surface area (Å²) in [6.45, 7) is 5.75. The predicted octanol–water partition coefficient (Wildman–Crippen LogP) is 7.35. The quantitative estimate of drug-likeness (QED) is 0.166. The Morgan fingerprint density at radius 1 is 0.841 bits per heavy atom. The summed E-state index contributed by atoms with van der Waals surface area (Å²) in [7, 11) is 0. The minimum absolute atomic E-state index is 0.0279. The van der Waals surface area contributed by atoms with E-state index in [1.54, 1.807) is 12.4 Å². The lowest BCUT2D eigenvalue weighted by Gasteiger charge is -2.24. The second kappa shape index (κ2) is 11.1. The number of hydrogen-bond acceptors (Lipinski definition) is 8. The van der Waals surface area contributed by atoms with E-state index in [4.69, 9.17) is 34.7 Å². The Bertz CT molecular complexity index is 1750. The highest BCUT2D eigenvalue weighted by molar-refractivity contribution is 9.10. The van der Waals surface area contributed by atoms with E-state index in [0.717, 1.165) is 110 Å². The van der Waals surface area contributed by atoms with Crippen molar-refractivity contribution in [2.24, 2.45) is 0 Å². The lowest BCUT2D eigenvalue weighted by Crippen LogP contribution is -2.26. The highest BCUT2D eigenvalue weighted by Gasteiger charge is 2.49. The van der Waals surface area contributed by atoms with Gasteiger partial charge in [-0.15, -0.1) is 0 Å². The Morgan fingerprint density at radius 2 is 1.39 bits per heavy atom. The van der Waals surface area contributed by atoms with Gasteiger partial charge in [-0.2, -0.15) is 10.2 Å². The first-order valence-electron chi connectivity index (χ1n) is 14.8. The average Bonchev–Trinajstić information content (AvgIpc) is 3.85. The first kappa shape index (κ1) is 30.1. The van der Waals surface area contributed by atoms with E-state index in [2.05, 4.69) is 62.7 Å². The summed E-state index contributed by atoms with van der Waals surface area (Å²) in [5, 5.41) is 17.3. The van der Waals surface area contributed by atoms with Gasteiger partial charge in [0.25, 0.3) is 0 Å². The highest BCUT2D eigenvalue weighted by atomic mass is 79.9. The molecule has 14 heteroatoms. The van der Waals surface area contributed by atoms with E-state index in [1.165, 1.54) is 0 Å². The van der Waals surface area contributed by atoms with Crippen LogP contribution in [-0.4, -0.2) is 42.6 Å². The lowest BCUT2D eigenvalue weighted by atomic mass is 9.81.